The first kappa shape index (κ1) is 21.4. The summed E-state index contributed by atoms with van der Waals surface area (Å²) in [6, 6.07) is 11.7. The first-order valence-corrected chi connectivity index (χ1v) is 11.6. The van der Waals surface area contributed by atoms with Gasteiger partial charge >= 0.3 is 0 Å². The summed E-state index contributed by atoms with van der Waals surface area (Å²) in [7, 11) is 0. The number of piperazine rings is 1. The largest absolute Gasteiger partial charge is 0.345 e. The van der Waals surface area contributed by atoms with Gasteiger partial charge in [0.15, 0.2) is 5.11 Å². The van der Waals surface area contributed by atoms with Gasteiger partial charge in [0.05, 0.1) is 5.02 Å². The first-order valence-electron chi connectivity index (χ1n) is 9.63. The van der Waals surface area contributed by atoms with Crippen LogP contribution in [0.5, 0.6) is 0 Å². The highest BCUT2D eigenvalue weighted by molar-refractivity contribution is 7.80. The number of halogens is 2. The van der Waals surface area contributed by atoms with Crippen molar-refractivity contribution in [2.45, 2.75) is 13.8 Å². The molecule has 4 nitrogen and oxygen atoms in total. The number of nitrogens with zero attached hydrogens (tertiary/aromatic N) is 2. The molecule has 0 spiro atoms. The van der Waals surface area contributed by atoms with E-state index in [-0.39, 0.29) is 5.91 Å². The van der Waals surface area contributed by atoms with E-state index in [1.54, 1.807) is 6.07 Å². The second kappa shape index (κ2) is 8.71. The molecule has 3 aromatic rings. The Kier molecular flexibility index (Phi) is 6.21. The molecule has 30 heavy (non-hydrogen) atoms. The van der Waals surface area contributed by atoms with Gasteiger partial charge in [-0.2, -0.15) is 0 Å². The van der Waals surface area contributed by atoms with Crippen LogP contribution in [0, 0.1) is 13.8 Å². The molecule has 1 amide bonds. The first-order chi connectivity index (χ1) is 14.3. The number of carbonyl (C=O) groups excluding carboxylic acids is 1. The van der Waals surface area contributed by atoms with E-state index in [1.807, 2.05) is 23.1 Å². The number of amides is 1. The predicted molar refractivity (Wildman–Crippen MR) is 131 cm³/mol. The lowest BCUT2D eigenvalue weighted by Gasteiger charge is -2.36. The molecule has 1 aromatic heterocycles. The molecule has 2 heterocycles. The van der Waals surface area contributed by atoms with Crippen LogP contribution in [0.3, 0.4) is 0 Å². The van der Waals surface area contributed by atoms with Crippen LogP contribution < -0.4 is 5.32 Å². The van der Waals surface area contributed by atoms with Crippen LogP contribution in [-0.4, -0.2) is 47.0 Å². The molecule has 8 heteroatoms. The number of anilines is 1. The number of rotatable bonds is 2. The molecule has 1 N–H and O–H groups in total. The second-order valence-electron chi connectivity index (χ2n) is 7.39. The molecular formula is C22H21Cl2N3OS2. The standard InChI is InChI=1S/C22H21Cl2N3OS2/c1-13-3-5-16(11-14(13)2)25-22(29)27-9-7-26(8-10-27)21(28)20-19(24)17-6-4-15(23)12-18(17)30-20/h3-6,11-12H,7-10H2,1-2H3,(H,25,29). The molecule has 0 unspecified atom stereocenters. The maximum atomic E-state index is 13.1. The van der Waals surface area contributed by atoms with Crippen molar-refractivity contribution in [2.75, 3.05) is 31.5 Å². The third-order valence-corrected chi connectivity index (χ3v) is 7.64. The number of thiophene rings is 1. The van der Waals surface area contributed by atoms with Crippen LogP contribution in [-0.2, 0) is 0 Å². The molecule has 1 fully saturated rings. The van der Waals surface area contributed by atoms with E-state index in [9.17, 15) is 4.79 Å². The maximum absolute atomic E-state index is 13.1. The molecular weight excluding hydrogens is 457 g/mol. The van der Waals surface area contributed by atoms with Crippen LogP contribution in [0.15, 0.2) is 36.4 Å². The highest BCUT2D eigenvalue weighted by Crippen LogP contribution is 2.37. The Bertz CT molecular complexity index is 1140. The molecule has 0 saturated carbocycles. The van der Waals surface area contributed by atoms with Crippen LogP contribution in [0.1, 0.15) is 20.8 Å². The summed E-state index contributed by atoms with van der Waals surface area (Å²) < 4.78 is 0.924. The number of carbonyl (C=O) groups is 1. The van der Waals surface area contributed by atoms with E-state index in [4.69, 9.17) is 35.4 Å². The Morgan fingerprint density at radius 2 is 1.70 bits per heavy atom. The Morgan fingerprint density at radius 1 is 1.00 bits per heavy atom. The third-order valence-electron chi connectivity index (χ3n) is 5.40. The molecule has 2 aromatic carbocycles. The summed E-state index contributed by atoms with van der Waals surface area (Å²) in [5.74, 6) is -0.0370. The van der Waals surface area contributed by atoms with E-state index in [0.717, 1.165) is 15.8 Å². The summed E-state index contributed by atoms with van der Waals surface area (Å²) in [4.78, 5) is 17.6. The summed E-state index contributed by atoms with van der Waals surface area (Å²) >= 11 is 19.5. The normalized spacial score (nSPS) is 14.3. The SMILES string of the molecule is Cc1ccc(NC(=S)N2CCN(C(=O)c3sc4cc(Cl)ccc4c3Cl)CC2)cc1C. The number of thiocarbonyl (C=S) groups is 1. The zero-order chi connectivity index (χ0) is 21.4. The minimum Gasteiger partial charge on any atom is -0.345 e. The maximum Gasteiger partial charge on any atom is 0.265 e. The van der Waals surface area contributed by atoms with Crippen LogP contribution in [0.4, 0.5) is 5.69 Å². The Labute approximate surface area is 195 Å². The number of benzene rings is 2. The zero-order valence-electron chi connectivity index (χ0n) is 16.7. The predicted octanol–water partition coefficient (Wildman–Crippen LogP) is 5.98. The van der Waals surface area contributed by atoms with Crippen molar-refractivity contribution in [2.24, 2.45) is 0 Å². The van der Waals surface area contributed by atoms with Gasteiger partial charge in [-0.1, -0.05) is 35.3 Å². The third kappa shape index (κ3) is 4.28. The van der Waals surface area contributed by atoms with Crippen molar-refractivity contribution in [1.82, 2.24) is 9.80 Å². The Morgan fingerprint density at radius 3 is 2.40 bits per heavy atom. The second-order valence-corrected chi connectivity index (χ2v) is 9.65. The number of fused-ring (bicyclic) bond motifs is 1. The summed E-state index contributed by atoms with van der Waals surface area (Å²) in [5.41, 5.74) is 3.46. The average Bonchev–Trinajstić information content (AvgIpc) is 3.06. The van der Waals surface area contributed by atoms with Gasteiger partial charge in [0.2, 0.25) is 0 Å². The van der Waals surface area contributed by atoms with Gasteiger partial charge in [-0.3, -0.25) is 4.79 Å². The van der Waals surface area contributed by atoms with Gasteiger partial charge < -0.3 is 15.1 Å². The lowest BCUT2D eigenvalue weighted by Crippen LogP contribution is -2.51. The van der Waals surface area contributed by atoms with Crippen LogP contribution in [0.25, 0.3) is 10.1 Å². The Hall–Kier alpha value is -1.86. The smallest absolute Gasteiger partial charge is 0.265 e. The fourth-order valence-corrected chi connectivity index (χ4v) is 5.51. The molecule has 1 saturated heterocycles. The molecule has 0 radical (unpaired) electrons. The van der Waals surface area contributed by atoms with Gasteiger partial charge in [0.1, 0.15) is 4.88 Å². The quantitative estimate of drug-likeness (QED) is 0.460. The fraction of sp³-hybridized carbons (Fsp3) is 0.273. The summed E-state index contributed by atoms with van der Waals surface area (Å²) in [6.45, 7) is 6.72. The van der Waals surface area contributed by atoms with Crippen molar-refractivity contribution < 1.29 is 4.79 Å². The molecule has 4 rings (SSSR count). The lowest BCUT2D eigenvalue weighted by atomic mass is 10.1. The van der Waals surface area contributed by atoms with E-state index >= 15 is 0 Å². The van der Waals surface area contributed by atoms with Gasteiger partial charge in [0.25, 0.3) is 5.91 Å². The van der Waals surface area contributed by atoms with Crippen molar-refractivity contribution in [1.29, 1.82) is 0 Å². The number of hydrogen-bond donors (Lipinski definition) is 1. The molecule has 1 aliphatic rings. The molecule has 1 aliphatic heterocycles. The van der Waals surface area contributed by atoms with Gasteiger partial charge in [-0.05, 0) is 61.5 Å². The van der Waals surface area contributed by atoms with E-state index in [1.165, 1.54) is 22.5 Å². The highest BCUT2D eigenvalue weighted by atomic mass is 35.5. The van der Waals surface area contributed by atoms with Crippen molar-refractivity contribution in [3.8, 4) is 0 Å². The molecule has 0 atom stereocenters. The van der Waals surface area contributed by atoms with Gasteiger partial charge in [-0.15, -0.1) is 11.3 Å². The molecule has 156 valence electrons. The zero-order valence-corrected chi connectivity index (χ0v) is 19.8. The topological polar surface area (TPSA) is 35.6 Å². The molecule has 0 bridgehead atoms. The fourth-order valence-electron chi connectivity index (χ4n) is 3.45. The summed E-state index contributed by atoms with van der Waals surface area (Å²) in [6.07, 6.45) is 0. The van der Waals surface area contributed by atoms with E-state index < -0.39 is 0 Å². The van der Waals surface area contributed by atoms with E-state index in [2.05, 4.69) is 36.2 Å². The Balaban J connectivity index is 1.40. The van der Waals surface area contributed by atoms with Crippen molar-refractivity contribution in [3.63, 3.8) is 0 Å². The van der Waals surface area contributed by atoms with E-state index in [0.29, 0.717) is 46.2 Å². The van der Waals surface area contributed by atoms with Gasteiger partial charge in [0, 0.05) is 47.0 Å². The monoisotopic (exact) mass is 477 g/mol. The highest BCUT2D eigenvalue weighted by Gasteiger charge is 2.27. The number of aryl methyl sites for hydroxylation is 2. The van der Waals surface area contributed by atoms with Crippen LogP contribution >= 0.6 is 46.8 Å². The van der Waals surface area contributed by atoms with Crippen LogP contribution in [0.2, 0.25) is 10.0 Å². The summed E-state index contributed by atoms with van der Waals surface area (Å²) in [5, 5.41) is 6.00. The van der Waals surface area contributed by atoms with Crippen molar-refractivity contribution >= 4 is 73.5 Å². The molecule has 0 aliphatic carbocycles. The van der Waals surface area contributed by atoms with Gasteiger partial charge in [-0.25, -0.2) is 0 Å². The minimum atomic E-state index is -0.0370. The number of nitrogens with one attached hydrogen (secondary N) is 1. The number of hydrogen-bond acceptors (Lipinski definition) is 3. The minimum absolute atomic E-state index is 0.0370. The average molecular weight is 478 g/mol. The van der Waals surface area contributed by atoms with Crippen molar-refractivity contribution in [3.05, 3.63) is 62.4 Å². The lowest BCUT2D eigenvalue weighted by molar-refractivity contribution is 0.0698.